The molecule has 174 valence electrons. The molecule has 1 heterocycles. The Balaban J connectivity index is 1.91. The molecule has 0 fully saturated rings. The third-order valence-electron chi connectivity index (χ3n) is 5.04. The zero-order chi connectivity index (χ0) is 24.0. The fraction of sp³-hybridized carbons (Fsp3) is 0.320. The van der Waals surface area contributed by atoms with Crippen LogP contribution in [-0.2, 0) is 13.1 Å². The second kappa shape index (κ2) is 11.0. The number of nitrogens with zero attached hydrogens (tertiary/aromatic N) is 3. The molecule has 3 aromatic rings. The lowest BCUT2D eigenvalue weighted by molar-refractivity contribution is 0.0976. The number of aryl methyl sites for hydroxylation is 4. The van der Waals surface area contributed by atoms with Crippen LogP contribution in [0.25, 0.3) is 0 Å². The third-order valence-corrected chi connectivity index (χ3v) is 5.27. The van der Waals surface area contributed by atoms with Crippen LogP contribution in [0.2, 0.25) is 5.02 Å². The van der Waals surface area contributed by atoms with E-state index < -0.39 is 0 Å². The maximum Gasteiger partial charge on any atom is 0.257 e. The molecule has 0 saturated carbocycles. The van der Waals surface area contributed by atoms with Crippen LogP contribution >= 0.6 is 11.6 Å². The monoisotopic (exact) mass is 467 g/mol. The normalized spacial score (nSPS) is 11.4. The lowest BCUT2D eigenvalue weighted by Gasteiger charge is -2.15. The molecule has 0 bridgehead atoms. The van der Waals surface area contributed by atoms with E-state index in [0.717, 1.165) is 35.3 Å². The zero-order valence-corrected chi connectivity index (χ0v) is 20.5. The molecule has 8 heteroatoms. The molecule has 33 heavy (non-hydrogen) atoms. The maximum atomic E-state index is 13.0. The van der Waals surface area contributed by atoms with Crippen LogP contribution < -0.4 is 15.4 Å². The molecule has 0 saturated heterocycles. The maximum absolute atomic E-state index is 13.0. The Morgan fingerprint density at radius 3 is 2.55 bits per heavy atom. The first-order valence-electron chi connectivity index (χ1n) is 10.9. The van der Waals surface area contributed by atoms with E-state index in [1.165, 1.54) is 0 Å². The molecule has 2 N–H and O–H groups in total. The number of anilines is 1. The van der Waals surface area contributed by atoms with E-state index in [2.05, 4.69) is 27.6 Å². The van der Waals surface area contributed by atoms with Crippen molar-refractivity contribution < 1.29 is 9.53 Å². The van der Waals surface area contributed by atoms with E-state index >= 15 is 0 Å². The highest BCUT2D eigenvalue weighted by molar-refractivity contribution is 6.31. The highest BCUT2D eigenvalue weighted by Crippen LogP contribution is 2.27. The van der Waals surface area contributed by atoms with E-state index in [0.29, 0.717) is 34.5 Å². The van der Waals surface area contributed by atoms with Crippen molar-refractivity contribution in [2.75, 3.05) is 12.4 Å². The van der Waals surface area contributed by atoms with Gasteiger partial charge in [0.1, 0.15) is 5.75 Å². The number of carbonyl (C=O) groups excluding carboxylic acids is 1. The van der Waals surface area contributed by atoms with Crippen molar-refractivity contribution in [1.82, 2.24) is 15.1 Å². The van der Waals surface area contributed by atoms with Crippen molar-refractivity contribution in [2.24, 2.45) is 4.99 Å². The number of hydrogen-bond acceptors (Lipinski definition) is 4. The van der Waals surface area contributed by atoms with Gasteiger partial charge in [0.25, 0.3) is 5.91 Å². The van der Waals surface area contributed by atoms with Gasteiger partial charge in [-0.3, -0.25) is 14.8 Å². The quantitative estimate of drug-likeness (QED) is 0.366. The van der Waals surface area contributed by atoms with Crippen LogP contribution in [0.4, 0.5) is 5.69 Å². The standard InChI is InChI=1S/C25H30ClN5O2/c1-6-9-31-15-20(18(4)30-31)14-27-25(28-22-13-21(26)7-8-23(22)33-5)29-24(32)19-11-16(2)10-17(3)12-19/h7-8,10-13,15H,6,9,14H2,1-5H3,(H2,27,28,29,32). The van der Waals surface area contributed by atoms with E-state index in [4.69, 9.17) is 16.3 Å². The molecular weight excluding hydrogens is 438 g/mol. The minimum atomic E-state index is -0.257. The highest BCUT2D eigenvalue weighted by Gasteiger charge is 2.14. The van der Waals surface area contributed by atoms with Crippen molar-refractivity contribution in [3.05, 3.63) is 75.6 Å². The fourth-order valence-corrected chi connectivity index (χ4v) is 3.70. The SMILES string of the molecule is CCCn1cc(CN=C(NC(=O)c2cc(C)cc(C)c2)Nc2cc(Cl)ccc2OC)c(C)n1. The molecule has 7 nitrogen and oxygen atoms in total. The Morgan fingerprint density at radius 2 is 1.88 bits per heavy atom. The van der Waals surface area contributed by atoms with Gasteiger partial charge in [-0.15, -0.1) is 0 Å². The second-order valence-electron chi connectivity index (χ2n) is 7.97. The van der Waals surface area contributed by atoms with Crippen LogP contribution in [0.3, 0.4) is 0 Å². The minimum Gasteiger partial charge on any atom is -0.495 e. The Hall–Kier alpha value is -3.32. The number of halogens is 1. The number of ether oxygens (including phenoxy) is 1. The molecule has 0 radical (unpaired) electrons. The van der Waals surface area contributed by atoms with Crippen molar-refractivity contribution in [2.45, 2.75) is 47.2 Å². The van der Waals surface area contributed by atoms with Gasteiger partial charge in [-0.1, -0.05) is 35.7 Å². The summed E-state index contributed by atoms with van der Waals surface area (Å²) < 4.78 is 7.35. The van der Waals surface area contributed by atoms with Gasteiger partial charge in [0.05, 0.1) is 25.0 Å². The molecule has 1 aromatic heterocycles. The van der Waals surface area contributed by atoms with Crippen molar-refractivity contribution in [3.63, 3.8) is 0 Å². The first-order chi connectivity index (χ1) is 15.8. The molecule has 1 amide bonds. The average Bonchev–Trinajstić information content (AvgIpc) is 3.10. The summed E-state index contributed by atoms with van der Waals surface area (Å²) in [6.45, 7) is 9.19. The number of nitrogens with one attached hydrogen (secondary N) is 2. The van der Waals surface area contributed by atoms with Gasteiger partial charge in [-0.05, 0) is 57.5 Å². The van der Waals surface area contributed by atoms with E-state index in [1.807, 2.05) is 49.8 Å². The summed E-state index contributed by atoms with van der Waals surface area (Å²) >= 11 is 6.19. The first-order valence-corrected chi connectivity index (χ1v) is 11.2. The smallest absolute Gasteiger partial charge is 0.257 e. The Labute approximate surface area is 199 Å². The molecule has 3 rings (SSSR count). The Morgan fingerprint density at radius 1 is 1.15 bits per heavy atom. The van der Waals surface area contributed by atoms with Crippen molar-refractivity contribution in [1.29, 1.82) is 0 Å². The number of amides is 1. The highest BCUT2D eigenvalue weighted by atomic mass is 35.5. The molecule has 0 aliphatic heterocycles. The van der Waals surface area contributed by atoms with E-state index in [1.54, 1.807) is 25.3 Å². The number of rotatable bonds is 7. The van der Waals surface area contributed by atoms with Gasteiger partial charge in [0, 0.05) is 28.9 Å². The summed E-state index contributed by atoms with van der Waals surface area (Å²) in [6.07, 6.45) is 2.99. The van der Waals surface area contributed by atoms with E-state index in [9.17, 15) is 4.79 Å². The predicted molar refractivity (Wildman–Crippen MR) is 133 cm³/mol. The van der Waals surface area contributed by atoms with Crippen LogP contribution in [-0.4, -0.2) is 28.8 Å². The number of aromatic nitrogens is 2. The second-order valence-corrected chi connectivity index (χ2v) is 8.40. The molecule has 0 atom stereocenters. The number of methoxy groups -OCH3 is 1. The number of benzene rings is 2. The van der Waals surface area contributed by atoms with Crippen molar-refractivity contribution in [3.8, 4) is 5.75 Å². The lowest BCUT2D eigenvalue weighted by Crippen LogP contribution is -2.36. The number of aliphatic imine (C=N–C) groups is 1. The summed E-state index contributed by atoms with van der Waals surface area (Å²) in [6, 6.07) is 10.9. The molecule has 2 aromatic carbocycles. The van der Waals surface area contributed by atoms with E-state index in [-0.39, 0.29) is 5.91 Å². The van der Waals surface area contributed by atoms with Gasteiger partial charge in [0.15, 0.2) is 0 Å². The average molecular weight is 468 g/mol. The van der Waals surface area contributed by atoms with Gasteiger partial charge in [-0.2, -0.15) is 5.10 Å². The fourth-order valence-electron chi connectivity index (χ4n) is 3.52. The molecule has 0 spiro atoms. The van der Waals surface area contributed by atoms with Gasteiger partial charge >= 0.3 is 0 Å². The third kappa shape index (κ3) is 6.58. The number of guanidine groups is 1. The first kappa shape index (κ1) is 24.3. The topological polar surface area (TPSA) is 80.5 Å². The Bertz CT molecular complexity index is 1150. The number of carbonyl (C=O) groups is 1. The molecule has 0 aliphatic carbocycles. The van der Waals surface area contributed by atoms with Gasteiger partial charge in [-0.25, -0.2) is 4.99 Å². The van der Waals surface area contributed by atoms with Gasteiger partial charge < -0.3 is 10.1 Å². The van der Waals surface area contributed by atoms with Crippen LogP contribution in [0.15, 0.2) is 47.6 Å². The summed E-state index contributed by atoms with van der Waals surface area (Å²) in [5.74, 6) is 0.620. The largest absolute Gasteiger partial charge is 0.495 e. The lowest BCUT2D eigenvalue weighted by atomic mass is 10.1. The zero-order valence-electron chi connectivity index (χ0n) is 19.7. The van der Waals surface area contributed by atoms with Crippen LogP contribution in [0.1, 0.15) is 46.1 Å². The van der Waals surface area contributed by atoms with Gasteiger partial charge in [0.2, 0.25) is 5.96 Å². The molecule has 0 aliphatic rings. The summed E-state index contributed by atoms with van der Waals surface area (Å²) in [5.41, 5.74) is 5.09. The summed E-state index contributed by atoms with van der Waals surface area (Å²) in [4.78, 5) is 17.7. The minimum absolute atomic E-state index is 0.257. The summed E-state index contributed by atoms with van der Waals surface area (Å²) in [5, 5.41) is 11.1. The van der Waals surface area contributed by atoms with Crippen molar-refractivity contribution >= 4 is 29.2 Å². The molecular formula is C25H30ClN5O2. The molecule has 0 unspecified atom stereocenters. The van der Waals surface area contributed by atoms with Crippen LogP contribution in [0.5, 0.6) is 5.75 Å². The number of hydrogen-bond donors (Lipinski definition) is 2. The van der Waals surface area contributed by atoms with Crippen LogP contribution in [0, 0.1) is 20.8 Å². The predicted octanol–water partition coefficient (Wildman–Crippen LogP) is 5.28. The summed E-state index contributed by atoms with van der Waals surface area (Å²) in [7, 11) is 1.57. The Kier molecular flexibility index (Phi) is 8.11.